The summed E-state index contributed by atoms with van der Waals surface area (Å²) >= 11 is 1.64. The molecule has 0 saturated heterocycles. The molecule has 1 aromatic carbocycles. The molecule has 0 fully saturated rings. The molecule has 1 amide bonds. The Morgan fingerprint density at radius 3 is 2.47 bits per heavy atom. The lowest BCUT2D eigenvalue weighted by Gasteiger charge is -2.26. The molecule has 0 aliphatic carbocycles. The number of nitrogens with one attached hydrogen (secondary N) is 1. The summed E-state index contributed by atoms with van der Waals surface area (Å²) in [7, 11) is 0. The number of nitrogens with zero attached hydrogens (tertiary/aromatic N) is 2. The number of carbonyl (C=O) groups excluding carboxylic acids is 1. The molecule has 0 atom stereocenters. The predicted molar refractivity (Wildman–Crippen MR) is 128 cm³/mol. The van der Waals surface area contributed by atoms with Gasteiger partial charge in [-0.15, -0.1) is 11.3 Å². The van der Waals surface area contributed by atoms with Crippen LogP contribution in [0.25, 0.3) is 21.5 Å². The fourth-order valence-corrected chi connectivity index (χ4v) is 4.49. The molecule has 0 saturated carbocycles. The van der Waals surface area contributed by atoms with Crippen LogP contribution in [0, 0.1) is 11.8 Å². The van der Waals surface area contributed by atoms with Crippen LogP contribution in [0.5, 0.6) is 0 Å². The van der Waals surface area contributed by atoms with Crippen LogP contribution < -0.4 is 5.32 Å². The molecule has 2 aromatic heterocycles. The highest BCUT2D eigenvalue weighted by atomic mass is 32.1. The SMILES string of the molecule is CC(C)CN(CCCNC(=O)c1cc(-c2cccs2)nc2ccccc12)CC(C)C. The first kappa shape index (κ1) is 22.4. The molecular formula is C25H33N3OS. The van der Waals surface area contributed by atoms with E-state index in [0.717, 1.165) is 47.5 Å². The molecule has 30 heavy (non-hydrogen) atoms. The molecule has 0 radical (unpaired) electrons. The molecule has 3 aromatic rings. The van der Waals surface area contributed by atoms with Crippen LogP contribution in [-0.4, -0.2) is 42.0 Å². The Morgan fingerprint density at radius 2 is 1.80 bits per heavy atom. The van der Waals surface area contributed by atoms with E-state index in [9.17, 15) is 4.79 Å². The zero-order chi connectivity index (χ0) is 21.5. The Bertz CT molecular complexity index is 940. The van der Waals surface area contributed by atoms with E-state index in [1.54, 1.807) is 11.3 Å². The van der Waals surface area contributed by atoms with Crippen LogP contribution >= 0.6 is 11.3 Å². The minimum absolute atomic E-state index is 0.0225. The number of fused-ring (bicyclic) bond motifs is 1. The van der Waals surface area contributed by atoms with Gasteiger partial charge < -0.3 is 10.2 Å². The summed E-state index contributed by atoms with van der Waals surface area (Å²) in [5.74, 6) is 1.28. The summed E-state index contributed by atoms with van der Waals surface area (Å²) in [6.07, 6.45) is 0.950. The van der Waals surface area contributed by atoms with Crippen molar-refractivity contribution in [2.75, 3.05) is 26.2 Å². The molecule has 0 bridgehead atoms. The second-order valence-corrected chi connectivity index (χ2v) is 9.65. The van der Waals surface area contributed by atoms with E-state index in [-0.39, 0.29) is 5.91 Å². The van der Waals surface area contributed by atoms with E-state index < -0.39 is 0 Å². The van der Waals surface area contributed by atoms with E-state index in [1.165, 1.54) is 0 Å². The Labute approximate surface area is 184 Å². The maximum Gasteiger partial charge on any atom is 0.252 e. The Hall–Kier alpha value is -2.24. The standard InChI is InChI=1S/C25H33N3OS/c1-18(2)16-28(17-19(3)4)13-8-12-26-25(29)21-15-23(24-11-7-14-30-24)27-22-10-6-5-9-20(21)22/h5-7,9-11,14-15,18-19H,8,12-13,16-17H2,1-4H3,(H,26,29). The molecule has 0 aliphatic heterocycles. The molecule has 0 aliphatic rings. The molecule has 0 unspecified atom stereocenters. The average Bonchev–Trinajstić information content (AvgIpc) is 3.24. The number of rotatable bonds is 10. The average molecular weight is 424 g/mol. The molecule has 3 rings (SSSR count). The molecule has 0 spiro atoms. The number of carbonyl (C=O) groups is 1. The van der Waals surface area contributed by atoms with Crippen molar-refractivity contribution in [3.8, 4) is 10.6 Å². The Balaban J connectivity index is 1.68. The van der Waals surface area contributed by atoms with Gasteiger partial charge in [-0.25, -0.2) is 4.98 Å². The quantitative estimate of drug-likeness (QED) is 0.426. The van der Waals surface area contributed by atoms with Gasteiger partial charge in [-0.2, -0.15) is 0 Å². The van der Waals surface area contributed by atoms with Crippen LogP contribution in [0.4, 0.5) is 0 Å². The van der Waals surface area contributed by atoms with Crippen LogP contribution in [0.2, 0.25) is 0 Å². The maximum atomic E-state index is 13.0. The number of thiophene rings is 1. The van der Waals surface area contributed by atoms with Crippen molar-refractivity contribution in [1.29, 1.82) is 0 Å². The van der Waals surface area contributed by atoms with Crippen LogP contribution in [0.15, 0.2) is 47.8 Å². The van der Waals surface area contributed by atoms with E-state index in [1.807, 2.05) is 47.8 Å². The van der Waals surface area contributed by atoms with Crippen molar-refractivity contribution in [3.05, 3.63) is 53.4 Å². The smallest absolute Gasteiger partial charge is 0.252 e. The number of amides is 1. The normalized spacial score (nSPS) is 11.7. The lowest BCUT2D eigenvalue weighted by atomic mass is 10.1. The second-order valence-electron chi connectivity index (χ2n) is 8.71. The molecule has 1 N–H and O–H groups in total. The predicted octanol–water partition coefficient (Wildman–Crippen LogP) is 5.70. The highest BCUT2D eigenvalue weighted by Gasteiger charge is 2.15. The zero-order valence-corrected chi connectivity index (χ0v) is 19.3. The molecule has 4 nitrogen and oxygen atoms in total. The number of hydrogen-bond donors (Lipinski definition) is 1. The fraction of sp³-hybridized carbons (Fsp3) is 0.440. The number of benzene rings is 1. The van der Waals surface area contributed by atoms with Crippen molar-refractivity contribution in [1.82, 2.24) is 15.2 Å². The first-order valence-corrected chi connectivity index (χ1v) is 11.8. The third-order valence-electron chi connectivity index (χ3n) is 4.92. The van der Waals surface area contributed by atoms with Gasteiger partial charge in [0.05, 0.1) is 21.7 Å². The molecule has 5 heteroatoms. The van der Waals surface area contributed by atoms with E-state index in [0.29, 0.717) is 23.9 Å². The van der Waals surface area contributed by atoms with E-state index in [2.05, 4.69) is 37.9 Å². The Kier molecular flexibility index (Phi) is 8.00. The van der Waals surface area contributed by atoms with Crippen molar-refractivity contribution in [2.45, 2.75) is 34.1 Å². The third-order valence-corrected chi connectivity index (χ3v) is 5.81. The maximum absolute atomic E-state index is 13.0. The topological polar surface area (TPSA) is 45.2 Å². The van der Waals surface area contributed by atoms with Crippen molar-refractivity contribution in [3.63, 3.8) is 0 Å². The first-order chi connectivity index (χ1) is 14.4. The van der Waals surface area contributed by atoms with Gasteiger partial charge in [0.2, 0.25) is 0 Å². The summed E-state index contributed by atoms with van der Waals surface area (Å²) in [4.78, 5) is 21.4. The molecule has 2 heterocycles. The largest absolute Gasteiger partial charge is 0.352 e. The third kappa shape index (κ3) is 6.13. The van der Waals surface area contributed by atoms with Crippen molar-refractivity contribution < 1.29 is 4.79 Å². The highest BCUT2D eigenvalue weighted by molar-refractivity contribution is 7.13. The summed E-state index contributed by atoms with van der Waals surface area (Å²) < 4.78 is 0. The van der Waals surface area contributed by atoms with Crippen LogP contribution in [-0.2, 0) is 0 Å². The van der Waals surface area contributed by atoms with E-state index in [4.69, 9.17) is 4.98 Å². The fourth-order valence-electron chi connectivity index (χ4n) is 3.80. The van der Waals surface area contributed by atoms with E-state index >= 15 is 0 Å². The van der Waals surface area contributed by atoms with Gasteiger partial charge in [0, 0.05) is 25.0 Å². The summed E-state index contributed by atoms with van der Waals surface area (Å²) in [5, 5.41) is 6.07. The van der Waals surface area contributed by atoms with Gasteiger partial charge >= 0.3 is 0 Å². The summed E-state index contributed by atoms with van der Waals surface area (Å²) in [6.45, 7) is 12.9. The number of para-hydroxylation sites is 1. The lowest BCUT2D eigenvalue weighted by molar-refractivity contribution is 0.0952. The number of pyridine rings is 1. The van der Waals surface area contributed by atoms with Crippen molar-refractivity contribution in [2.24, 2.45) is 11.8 Å². The molecule has 160 valence electrons. The van der Waals surface area contributed by atoms with Crippen LogP contribution in [0.1, 0.15) is 44.5 Å². The minimum atomic E-state index is -0.0225. The van der Waals surface area contributed by atoms with Gasteiger partial charge in [0.15, 0.2) is 0 Å². The number of aromatic nitrogens is 1. The lowest BCUT2D eigenvalue weighted by Crippen LogP contribution is -2.34. The number of hydrogen-bond acceptors (Lipinski definition) is 4. The Morgan fingerprint density at radius 1 is 1.07 bits per heavy atom. The first-order valence-electron chi connectivity index (χ1n) is 10.9. The second kappa shape index (κ2) is 10.7. The minimum Gasteiger partial charge on any atom is -0.352 e. The van der Waals surface area contributed by atoms with Crippen LogP contribution in [0.3, 0.4) is 0 Å². The van der Waals surface area contributed by atoms with Gasteiger partial charge in [0.1, 0.15) is 0 Å². The molecular weight excluding hydrogens is 390 g/mol. The van der Waals surface area contributed by atoms with Gasteiger partial charge in [-0.05, 0) is 48.4 Å². The van der Waals surface area contributed by atoms with Gasteiger partial charge in [0.25, 0.3) is 5.91 Å². The zero-order valence-electron chi connectivity index (χ0n) is 18.5. The van der Waals surface area contributed by atoms with Gasteiger partial charge in [-0.3, -0.25) is 4.79 Å². The highest BCUT2D eigenvalue weighted by Crippen LogP contribution is 2.27. The monoisotopic (exact) mass is 423 g/mol. The summed E-state index contributed by atoms with van der Waals surface area (Å²) in [5.41, 5.74) is 2.41. The van der Waals surface area contributed by atoms with Gasteiger partial charge in [-0.1, -0.05) is 52.0 Å². The van der Waals surface area contributed by atoms with Crippen molar-refractivity contribution >= 4 is 28.1 Å². The summed E-state index contributed by atoms with van der Waals surface area (Å²) in [6, 6.07) is 13.8.